The van der Waals surface area contributed by atoms with Crippen molar-refractivity contribution in [1.82, 2.24) is 19.7 Å². The van der Waals surface area contributed by atoms with Gasteiger partial charge in [0, 0.05) is 6.54 Å². The van der Waals surface area contributed by atoms with Gasteiger partial charge in [-0.05, 0) is 37.4 Å². The molecule has 23 heavy (non-hydrogen) atoms. The van der Waals surface area contributed by atoms with E-state index < -0.39 is 6.04 Å². The fourth-order valence-electron chi connectivity index (χ4n) is 3.64. The second-order valence-electron chi connectivity index (χ2n) is 6.30. The SMILES string of the molecule is O=C(OC1CN2CCC1CC2)C(c1ccccc1)n1cncn1. The van der Waals surface area contributed by atoms with Crippen LogP contribution in [0.15, 0.2) is 43.0 Å². The zero-order chi connectivity index (χ0) is 15.6. The monoisotopic (exact) mass is 312 g/mol. The molecule has 1 aromatic carbocycles. The summed E-state index contributed by atoms with van der Waals surface area (Å²) in [6.45, 7) is 3.11. The zero-order valence-electron chi connectivity index (χ0n) is 12.9. The van der Waals surface area contributed by atoms with E-state index in [-0.39, 0.29) is 12.1 Å². The van der Waals surface area contributed by atoms with Gasteiger partial charge in [-0.15, -0.1) is 0 Å². The highest BCUT2D eigenvalue weighted by Crippen LogP contribution is 2.31. The quantitative estimate of drug-likeness (QED) is 0.801. The first-order chi connectivity index (χ1) is 11.3. The van der Waals surface area contributed by atoms with Crippen LogP contribution in [0.1, 0.15) is 24.4 Å². The van der Waals surface area contributed by atoms with E-state index in [1.807, 2.05) is 30.3 Å². The van der Waals surface area contributed by atoms with E-state index in [0.717, 1.165) is 38.0 Å². The molecule has 2 atom stereocenters. The second-order valence-corrected chi connectivity index (χ2v) is 6.30. The number of hydrogen-bond donors (Lipinski definition) is 0. The predicted octanol–water partition coefficient (Wildman–Crippen LogP) is 1.50. The van der Waals surface area contributed by atoms with E-state index in [4.69, 9.17) is 4.74 Å². The Bertz CT molecular complexity index is 650. The number of aromatic nitrogens is 3. The molecule has 6 nitrogen and oxygen atoms in total. The molecule has 2 unspecified atom stereocenters. The van der Waals surface area contributed by atoms with Crippen LogP contribution < -0.4 is 0 Å². The minimum absolute atomic E-state index is 0.000247. The Morgan fingerprint density at radius 2 is 2.00 bits per heavy atom. The molecule has 5 rings (SSSR count). The van der Waals surface area contributed by atoms with Gasteiger partial charge < -0.3 is 4.74 Å². The van der Waals surface area contributed by atoms with Crippen molar-refractivity contribution in [1.29, 1.82) is 0 Å². The van der Waals surface area contributed by atoms with Gasteiger partial charge in [0.15, 0.2) is 6.04 Å². The molecule has 3 saturated heterocycles. The van der Waals surface area contributed by atoms with Crippen LogP contribution in [0.4, 0.5) is 0 Å². The van der Waals surface area contributed by atoms with Crippen molar-refractivity contribution in [3.8, 4) is 0 Å². The molecule has 0 amide bonds. The van der Waals surface area contributed by atoms with Crippen LogP contribution in [-0.4, -0.2) is 51.4 Å². The Balaban J connectivity index is 1.56. The van der Waals surface area contributed by atoms with Crippen molar-refractivity contribution >= 4 is 5.97 Å². The third-order valence-corrected chi connectivity index (χ3v) is 4.90. The van der Waals surface area contributed by atoms with Gasteiger partial charge >= 0.3 is 5.97 Å². The number of hydrogen-bond acceptors (Lipinski definition) is 5. The lowest BCUT2D eigenvalue weighted by atomic mass is 9.86. The molecule has 6 heteroatoms. The normalized spacial score (nSPS) is 27.6. The summed E-state index contributed by atoms with van der Waals surface area (Å²) in [4.78, 5) is 19.2. The highest BCUT2D eigenvalue weighted by molar-refractivity contribution is 5.78. The van der Waals surface area contributed by atoms with Gasteiger partial charge in [0.25, 0.3) is 0 Å². The van der Waals surface area contributed by atoms with Crippen LogP contribution in [0.3, 0.4) is 0 Å². The maximum Gasteiger partial charge on any atom is 0.335 e. The first-order valence-electron chi connectivity index (χ1n) is 8.13. The van der Waals surface area contributed by atoms with E-state index in [1.54, 1.807) is 11.0 Å². The molecule has 4 heterocycles. The van der Waals surface area contributed by atoms with E-state index in [9.17, 15) is 4.79 Å². The van der Waals surface area contributed by atoms with Crippen molar-refractivity contribution in [2.45, 2.75) is 25.0 Å². The summed E-state index contributed by atoms with van der Waals surface area (Å²) in [7, 11) is 0. The fraction of sp³-hybridized carbons (Fsp3) is 0.471. The van der Waals surface area contributed by atoms with Crippen LogP contribution >= 0.6 is 0 Å². The Morgan fingerprint density at radius 3 is 2.61 bits per heavy atom. The lowest BCUT2D eigenvalue weighted by Crippen LogP contribution is -2.52. The van der Waals surface area contributed by atoms with Crippen molar-refractivity contribution in [3.63, 3.8) is 0 Å². The summed E-state index contributed by atoms with van der Waals surface area (Å²) < 4.78 is 7.46. The van der Waals surface area contributed by atoms with E-state index in [0.29, 0.717) is 5.92 Å². The summed E-state index contributed by atoms with van der Waals surface area (Å²) in [5, 5.41) is 4.15. The number of carbonyl (C=O) groups is 1. The number of piperidine rings is 3. The number of nitrogens with zero attached hydrogens (tertiary/aromatic N) is 4. The first kappa shape index (κ1) is 14.4. The summed E-state index contributed by atoms with van der Waals surface area (Å²) >= 11 is 0. The molecule has 0 saturated carbocycles. The summed E-state index contributed by atoms with van der Waals surface area (Å²) in [5.74, 6) is 0.247. The Kier molecular flexibility index (Phi) is 3.83. The number of carbonyl (C=O) groups excluding carboxylic acids is 1. The van der Waals surface area contributed by atoms with E-state index in [2.05, 4.69) is 15.0 Å². The Labute approximate surface area is 135 Å². The molecule has 0 aliphatic carbocycles. The Hall–Kier alpha value is -2.21. The summed E-state index contributed by atoms with van der Waals surface area (Å²) in [6.07, 6.45) is 5.25. The molecule has 1 aromatic heterocycles. The third-order valence-electron chi connectivity index (χ3n) is 4.90. The molecule has 3 fully saturated rings. The smallest absolute Gasteiger partial charge is 0.335 e. The number of ether oxygens (including phenoxy) is 1. The van der Waals surface area contributed by atoms with Crippen LogP contribution in [-0.2, 0) is 9.53 Å². The van der Waals surface area contributed by atoms with Gasteiger partial charge in [-0.2, -0.15) is 5.10 Å². The van der Waals surface area contributed by atoms with Crippen molar-refractivity contribution < 1.29 is 9.53 Å². The summed E-state index contributed by atoms with van der Waals surface area (Å²) in [5.41, 5.74) is 0.865. The van der Waals surface area contributed by atoms with E-state index >= 15 is 0 Å². The largest absolute Gasteiger partial charge is 0.459 e. The van der Waals surface area contributed by atoms with Crippen LogP contribution in [0.5, 0.6) is 0 Å². The number of fused-ring (bicyclic) bond motifs is 3. The van der Waals surface area contributed by atoms with Crippen LogP contribution in [0.2, 0.25) is 0 Å². The highest BCUT2D eigenvalue weighted by atomic mass is 16.5. The molecule has 0 N–H and O–H groups in total. The lowest BCUT2D eigenvalue weighted by Gasteiger charge is -2.44. The first-order valence-corrected chi connectivity index (χ1v) is 8.13. The van der Waals surface area contributed by atoms with Gasteiger partial charge in [0.05, 0.1) is 0 Å². The van der Waals surface area contributed by atoms with Gasteiger partial charge in [0.2, 0.25) is 0 Å². The number of esters is 1. The van der Waals surface area contributed by atoms with Crippen molar-refractivity contribution in [3.05, 3.63) is 48.5 Å². The minimum Gasteiger partial charge on any atom is -0.459 e. The van der Waals surface area contributed by atoms with Gasteiger partial charge in [0.1, 0.15) is 18.8 Å². The molecular weight excluding hydrogens is 292 g/mol. The van der Waals surface area contributed by atoms with E-state index in [1.165, 1.54) is 6.33 Å². The maximum atomic E-state index is 12.9. The van der Waals surface area contributed by atoms with Gasteiger partial charge in [-0.3, -0.25) is 4.90 Å². The number of benzene rings is 1. The predicted molar refractivity (Wildman–Crippen MR) is 83.6 cm³/mol. The second kappa shape index (κ2) is 6.12. The topological polar surface area (TPSA) is 60.2 Å². The molecule has 3 aliphatic heterocycles. The molecule has 3 aliphatic rings. The van der Waals surface area contributed by atoms with Gasteiger partial charge in [-0.1, -0.05) is 30.3 Å². The number of rotatable bonds is 4. The molecule has 120 valence electrons. The molecule has 0 radical (unpaired) electrons. The van der Waals surface area contributed by atoms with Gasteiger partial charge in [-0.25, -0.2) is 14.5 Å². The fourth-order valence-corrected chi connectivity index (χ4v) is 3.64. The average Bonchev–Trinajstić information content (AvgIpc) is 3.11. The third kappa shape index (κ3) is 2.86. The zero-order valence-corrected chi connectivity index (χ0v) is 12.9. The van der Waals surface area contributed by atoms with Crippen LogP contribution in [0.25, 0.3) is 0 Å². The highest BCUT2D eigenvalue weighted by Gasteiger charge is 2.38. The lowest BCUT2D eigenvalue weighted by molar-refractivity contribution is -0.161. The van der Waals surface area contributed by atoms with Crippen molar-refractivity contribution in [2.75, 3.05) is 19.6 Å². The molecule has 2 aromatic rings. The molecule has 0 spiro atoms. The molecular formula is C17H20N4O2. The van der Waals surface area contributed by atoms with Crippen LogP contribution in [0, 0.1) is 5.92 Å². The van der Waals surface area contributed by atoms with Crippen molar-refractivity contribution in [2.24, 2.45) is 5.92 Å². The maximum absolute atomic E-state index is 12.9. The standard InChI is InChI=1S/C17H20N4O2/c22-17(23-15-10-20-8-6-13(15)7-9-20)16(21-12-18-11-19-21)14-4-2-1-3-5-14/h1-5,11-13,15-16H,6-10H2. The summed E-state index contributed by atoms with van der Waals surface area (Å²) in [6, 6.07) is 9.03. The molecule has 2 bridgehead atoms. The minimum atomic E-state index is -0.575. The Morgan fingerprint density at radius 1 is 1.22 bits per heavy atom. The average molecular weight is 312 g/mol.